The van der Waals surface area contributed by atoms with Crippen LogP contribution in [0, 0.1) is 0 Å². The maximum Gasteiger partial charge on any atom is 0.316 e. The van der Waals surface area contributed by atoms with Crippen molar-refractivity contribution in [1.82, 2.24) is 4.98 Å². The molecule has 1 aromatic rings. The zero-order valence-corrected chi connectivity index (χ0v) is 10.0. The molecule has 96 valence electrons. The molecule has 2 atom stereocenters. The number of rotatable bonds is 2. The lowest BCUT2D eigenvalue weighted by atomic mass is 10.2. The summed E-state index contributed by atoms with van der Waals surface area (Å²) in [6, 6.07) is 4.04. The Kier molecular flexibility index (Phi) is 2.79. The lowest BCUT2D eigenvalue weighted by Gasteiger charge is -2.35. The van der Waals surface area contributed by atoms with Crippen LogP contribution in [0.5, 0.6) is 0 Å². The van der Waals surface area contributed by atoms with Gasteiger partial charge < -0.3 is 20.7 Å². The van der Waals surface area contributed by atoms with Crippen LogP contribution in [0.1, 0.15) is 12.8 Å². The Morgan fingerprint density at radius 2 is 2.11 bits per heavy atom. The zero-order chi connectivity index (χ0) is 12.5. The van der Waals surface area contributed by atoms with E-state index in [0.717, 1.165) is 31.9 Å². The van der Waals surface area contributed by atoms with Gasteiger partial charge in [0.2, 0.25) is 0 Å². The van der Waals surface area contributed by atoms with Crippen molar-refractivity contribution < 1.29 is 9.53 Å². The van der Waals surface area contributed by atoms with Gasteiger partial charge in [0.1, 0.15) is 5.82 Å². The van der Waals surface area contributed by atoms with Crippen molar-refractivity contribution in [3.05, 3.63) is 18.3 Å². The summed E-state index contributed by atoms with van der Waals surface area (Å²) in [6.07, 6.45) is 3.95. The van der Waals surface area contributed by atoms with Crippen LogP contribution in [-0.2, 0) is 4.74 Å². The Morgan fingerprint density at radius 1 is 1.39 bits per heavy atom. The van der Waals surface area contributed by atoms with Crippen LogP contribution in [-0.4, -0.2) is 36.3 Å². The van der Waals surface area contributed by atoms with Gasteiger partial charge in [-0.05, 0) is 25.0 Å². The van der Waals surface area contributed by atoms with Crippen LogP contribution < -0.4 is 16.0 Å². The largest absolute Gasteiger partial charge is 0.377 e. The summed E-state index contributed by atoms with van der Waals surface area (Å²) in [5, 5.41) is 2.51. The zero-order valence-electron chi connectivity index (χ0n) is 10.0. The molecule has 0 radical (unpaired) electrons. The van der Waals surface area contributed by atoms with E-state index in [0.29, 0.717) is 17.8 Å². The van der Waals surface area contributed by atoms with Crippen molar-refractivity contribution in [2.24, 2.45) is 5.73 Å². The van der Waals surface area contributed by atoms with Crippen LogP contribution >= 0.6 is 0 Å². The van der Waals surface area contributed by atoms with E-state index in [9.17, 15) is 4.79 Å². The summed E-state index contributed by atoms with van der Waals surface area (Å²) in [5.74, 6) is 0.945. The van der Waals surface area contributed by atoms with Crippen LogP contribution in [0.2, 0.25) is 0 Å². The molecule has 3 heterocycles. The number of aromatic nitrogens is 1. The molecular weight excluding hydrogens is 232 g/mol. The number of carbonyl (C=O) groups is 1. The fourth-order valence-corrected chi connectivity index (χ4v) is 2.76. The lowest BCUT2D eigenvalue weighted by molar-refractivity contribution is 0.0902. The van der Waals surface area contributed by atoms with Crippen molar-refractivity contribution in [2.45, 2.75) is 24.9 Å². The third-order valence-electron chi connectivity index (χ3n) is 3.52. The van der Waals surface area contributed by atoms with Crippen molar-refractivity contribution in [1.29, 1.82) is 0 Å². The maximum atomic E-state index is 10.7. The number of ether oxygens (including phenoxy) is 1. The molecule has 3 rings (SSSR count). The number of hydrogen-bond acceptors (Lipinski definition) is 4. The minimum Gasteiger partial charge on any atom is -0.377 e. The van der Waals surface area contributed by atoms with Crippen molar-refractivity contribution >= 4 is 17.5 Å². The van der Waals surface area contributed by atoms with Gasteiger partial charge in [0.15, 0.2) is 0 Å². The van der Waals surface area contributed by atoms with Crippen LogP contribution in [0.3, 0.4) is 0 Å². The van der Waals surface area contributed by atoms with Crippen molar-refractivity contribution in [3.63, 3.8) is 0 Å². The van der Waals surface area contributed by atoms with Gasteiger partial charge >= 0.3 is 6.03 Å². The average Bonchev–Trinajstić information content (AvgIpc) is 2.60. The normalized spacial score (nSPS) is 26.1. The summed E-state index contributed by atoms with van der Waals surface area (Å²) in [7, 11) is 0. The number of nitrogens with two attached hydrogens (primary N) is 1. The van der Waals surface area contributed by atoms with Gasteiger partial charge in [0.05, 0.1) is 37.2 Å². The van der Waals surface area contributed by atoms with Gasteiger partial charge in [0.25, 0.3) is 0 Å². The topological polar surface area (TPSA) is 80.5 Å². The van der Waals surface area contributed by atoms with Crippen molar-refractivity contribution in [2.75, 3.05) is 23.4 Å². The number of urea groups is 1. The Labute approximate surface area is 105 Å². The molecule has 2 bridgehead atoms. The molecule has 0 saturated carbocycles. The van der Waals surface area contributed by atoms with E-state index < -0.39 is 6.03 Å². The average molecular weight is 248 g/mol. The Balaban J connectivity index is 1.78. The molecule has 3 N–H and O–H groups in total. The van der Waals surface area contributed by atoms with Crippen LogP contribution in [0.4, 0.5) is 16.3 Å². The number of nitrogens with one attached hydrogen (secondary N) is 1. The molecule has 0 spiro atoms. The summed E-state index contributed by atoms with van der Waals surface area (Å²) >= 11 is 0. The van der Waals surface area contributed by atoms with Gasteiger partial charge in [-0.1, -0.05) is 0 Å². The second-order valence-electron chi connectivity index (χ2n) is 4.72. The first kappa shape index (κ1) is 11.3. The molecular formula is C12H16N4O2. The predicted octanol–water partition coefficient (Wildman–Crippen LogP) is 0.940. The summed E-state index contributed by atoms with van der Waals surface area (Å²) in [6.45, 7) is 1.55. The fourth-order valence-electron chi connectivity index (χ4n) is 2.76. The molecule has 18 heavy (non-hydrogen) atoms. The molecule has 2 unspecified atom stereocenters. The number of morpholine rings is 1. The van der Waals surface area contributed by atoms with E-state index in [1.807, 2.05) is 12.1 Å². The minimum atomic E-state index is -0.573. The van der Waals surface area contributed by atoms with Crippen LogP contribution in [0.15, 0.2) is 18.3 Å². The van der Waals surface area contributed by atoms with Gasteiger partial charge in [0, 0.05) is 0 Å². The number of amides is 2. The number of nitrogens with zero attached hydrogens (tertiary/aromatic N) is 2. The second kappa shape index (κ2) is 4.45. The Bertz CT molecular complexity index is 432. The van der Waals surface area contributed by atoms with E-state index in [1.54, 1.807) is 6.20 Å². The first-order chi connectivity index (χ1) is 8.74. The van der Waals surface area contributed by atoms with E-state index in [4.69, 9.17) is 10.5 Å². The third-order valence-corrected chi connectivity index (χ3v) is 3.52. The minimum absolute atomic E-state index is 0.436. The molecule has 1 aromatic heterocycles. The SMILES string of the molecule is NC(=O)Nc1ccc(N2C3CCC2COC3)nc1. The van der Waals surface area contributed by atoms with Crippen LogP contribution in [0.25, 0.3) is 0 Å². The molecule has 6 heteroatoms. The summed E-state index contributed by atoms with van der Waals surface area (Å²) in [5.41, 5.74) is 5.67. The van der Waals surface area contributed by atoms with Gasteiger partial charge in [-0.25, -0.2) is 9.78 Å². The highest BCUT2D eigenvalue weighted by Crippen LogP contribution is 2.32. The molecule has 0 aliphatic carbocycles. The first-order valence-electron chi connectivity index (χ1n) is 6.12. The lowest BCUT2D eigenvalue weighted by Crippen LogP contribution is -2.46. The first-order valence-corrected chi connectivity index (χ1v) is 6.12. The third kappa shape index (κ3) is 1.99. The highest BCUT2D eigenvalue weighted by atomic mass is 16.5. The van der Waals surface area contributed by atoms with E-state index in [2.05, 4.69) is 15.2 Å². The highest BCUT2D eigenvalue weighted by Gasteiger charge is 2.37. The van der Waals surface area contributed by atoms with Gasteiger partial charge in [-0.2, -0.15) is 0 Å². The van der Waals surface area contributed by atoms with Gasteiger partial charge in [-0.15, -0.1) is 0 Å². The number of fused-ring (bicyclic) bond motifs is 2. The number of pyridine rings is 1. The summed E-state index contributed by atoms with van der Waals surface area (Å²) < 4.78 is 5.54. The molecule has 6 nitrogen and oxygen atoms in total. The standard InChI is InChI=1S/C12H16N4O2/c13-12(17)15-8-1-4-11(14-5-8)16-9-2-3-10(16)7-18-6-9/h1,4-5,9-10H,2-3,6-7H2,(H3,13,15,17). The second-order valence-corrected chi connectivity index (χ2v) is 4.72. The quantitative estimate of drug-likeness (QED) is 0.816. The van der Waals surface area contributed by atoms with E-state index >= 15 is 0 Å². The summed E-state index contributed by atoms with van der Waals surface area (Å²) in [4.78, 5) is 17.5. The predicted molar refractivity (Wildman–Crippen MR) is 67.6 cm³/mol. The highest BCUT2D eigenvalue weighted by molar-refractivity contribution is 5.87. The molecule has 2 aliphatic rings. The Morgan fingerprint density at radius 3 is 2.67 bits per heavy atom. The van der Waals surface area contributed by atoms with Crippen molar-refractivity contribution in [3.8, 4) is 0 Å². The molecule has 2 aliphatic heterocycles. The molecule has 2 fully saturated rings. The Hall–Kier alpha value is -1.82. The number of primary amides is 1. The number of carbonyl (C=O) groups excluding carboxylic acids is 1. The van der Waals surface area contributed by atoms with E-state index in [1.165, 1.54) is 0 Å². The number of hydrogen-bond donors (Lipinski definition) is 2. The van der Waals surface area contributed by atoms with Gasteiger partial charge in [-0.3, -0.25) is 0 Å². The smallest absolute Gasteiger partial charge is 0.316 e. The molecule has 2 amide bonds. The molecule has 0 aromatic carbocycles. The monoisotopic (exact) mass is 248 g/mol. The fraction of sp³-hybridized carbons (Fsp3) is 0.500. The number of anilines is 2. The molecule has 2 saturated heterocycles. The maximum absolute atomic E-state index is 10.7. The van der Waals surface area contributed by atoms with E-state index in [-0.39, 0.29) is 0 Å².